The molecule has 0 amide bonds. The van der Waals surface area contributed by atoms with E-state index in [1.54, 1.807) is 18.6 Å². The van der Waals surface area contributed by atoms with E-state index in [4.69, 9.17) is 4.42 Å². The molecule has 6 aromatic carbocycles. The van der Waals surface area contributed by atoms with Gasteiger partial charge in [-0.05, 0) is 77.9 Å². The molecule has 0 unspecified atom stereocenters. The standard InChI is InChI=1S/C23H15N2.C22H14N3.C16H9N2O.Ir/c1-2-8-17(9-3-1)21-16-18(14-15-24-21)25-22-12-6-4-10-19(22)20-11-5-7-13-23(20)25;1-3-9-21-18(7-1)19-8-2-4-10-22(19)25(21)17-11-13-24-20(14-17)16-6-5-12-23-15-16;1-2-9-17-14(8-1)13-6-3-5-11-12-7-4-10-18-16(12)19-15(11)13;/h1-8,10-16H;1-14H;1-5,7-10H;/q3*-1;+3. The van der Waals surface area contributed by atoms with E-state index in [9.17, 15) is 0 Å². The summed E-state index contributed by atoms with van der Waals surface area (Å²) in [6.07, 6.45) is 11.9. The van der Waals surface area contributed by atoms with Gasteiger partial charge in [-0.1, -0.05) is 114 Å². The Hall–Kier alpha value is -8.88. The number of furan rings is 1. The molecule has 0 saturated heterocycles. The number of nitrogens with zero attached hydrogens (tertiary/aromatic N) is 7. The maximum Gasteiger partial charge on any atom is 3.00 e. The molecule has 0 fully saturated rings. The first-order valence-corrected chi connectivity index (χ1v) is 22.6. The van der Waals surface area contributed by atoms with Crippen molar-refractivity contribution < 1.29 is 24.5 Å². The molecule has 332 valence electrons. The fourth-order valence-corrected chi connectivity index (χ4v) is 9.11. The van der Waals surface area contributed by atoms with E-state index in [-0.39, 0.29) is 20.1 Å². The van der Waals surface area contributed by atoms with Crippen LogP contribution in [0.25, 0.3) is 111 Å². The van der Waals surface area contributed by atoms with E-state index >= 15 is 0 Å². The van der Waals surface area contributed by atoms with Crippen LogP contribution in [0.3, 0.4) is 0 Å². The van der Waals surface area contributed by atoms with Gasteiger partial charge in [-0.15, -0.1) is 71.8 Å². The predicted molar refractivity (Wildman–Crippen MR) is 277 cm³/mol. The zero-order valence-corrected chi connectivity index (χ0v) is 39.7. The molecule has 14 aromatic rings. The number of hydrogen-bond donors (Lipinski definition) is 0. The second kappa shape index (κ2) is 19.4. The van der Waals surface area contributed by atoms with Crippen molar-refractivity contribution >= 4 is 65.7 Å². The van der Waals surface area contributed by atoms with Gasteiger partial charge in [-0.25, -0.2) is 4.98 Å². The van der Waals surface area contributed by atoms with Crippen molar-refractivity contribution in [3.63, 3.8) is 0 Å². The van der Waals surface area contributed by atoms with E-state index < -0.39 is 0 Å². The van der Waals surface area contributed by atoms with Crippen LogP contribution in [0.5, 0.6) is 0 Å². The van der Waals surface area contributed by atoms with Gasteiger partial charge in [-0.3, -0.25) is 0 Å². The van der Waals surface area contributed by atoms with Crippen LogP contribution in [0.2, 0.25) is 0 Å². The molecule has 0 aliphatic heterocycles. The second-order valence-electron chi connectivity index (χ2n) is 16.2. The molecule has 0 spiro atoms. The van der Waals surface area contributed by atoms with Gasteiger partial charge in [0.2, 0.25) is 5.71 Å². The summed E-state index contributed by atoms with van der Waals surface area (Å²) in [5, 5.41) is 7.10. The Morgan fingerprint density at radius 3 is 1.44 bits per heavy atom. The molecule has 9 heteroatoms. The van der Waals surface area contributed by atoms with E-state index in [1.165, 1.54) is 43.6 Å². The third-order valence-electron chi connectivity index (χ3n) is 12.2. The van der Waals surface area contributed by atoms with Crippen molar-refractivity contribution in [1.82, 2.24) is 34.1 Å². The van der Waals surface area contributed by atoms with Gasteiger partial charge in [0.1, 0.15) is 0 Å². The molecule has 8 aromatic heterocycles. The van der Waals surface area contributed by atoms with Gasteiger partial charge in [0.25, 0.3) is 0 Å². The van der Waals surface area contributed by atoms with Gasteiger partial charge < -0.3 is 33.5 Å². The predicted octanol–water partition coefficient (Wildman–Crippen LogP) is 14.5. The third-order valence-corrected chi connectivity index (χ3v) is 12.2. The summed E-state index contributed by atoms with van der Waals surface area (Å²) in [5.74, 6) is 0. The van der Waals surface area contributed by atoms with Crippen molar-refractivity contribution in [3.05, 3.63) is 250 Å². The SMILES string of the molecule is [Ir+3].[c-]1ccc2c(oc3ncccc32)c1-c1ccccn1.[c-]1ccccc1-c1cc(-n2c3ccccc3c3ccccc32)ccn1.[c-]1ncccc1-c1cc(-n2c3ccccc3c3ccccc32)ccn1. The van der Waals surface area contributed by atoms with E-state index in [2.05, 4.69) is 168 Å². The molecule has 0 saturated carbocycles. The molecular weight excluding hydrogens is 1040 g/mol. The quantitative estimate of drug-likeness (QED) is 0.160. The normalized spacial score (nSPS) is 11.0. The Labute approximate surface area is 416 Å². The fraction of sp³-hybridized carbons (Fsp3) is 0. The average Bonchev–Trinajstić information content (AvgIpc) is 4.10. The van der Waals surface area contributed by atoms with Crippen LogP contribution >= 0.6 is 0 Å². The summed E-state index contributed by atoms with van der Waals surface area (Å²) in [4.78, 5) is 21.7. The van der Waals surface area contributed by atoms with Gasteiger partial charge in [-0.2, -0.15) is 0 Å². The number of hydrogen-bond acceptors (Lipinski definition) is 6. The zero-order chi connectivity index (χ0) is 45.9. The van der Waals surface area contributed by atoms with Crippen LogP contribution in [0.15, 0.2) is 236 Å². The Balaban J connectivity index is 0.000000115. The molecule has 0 N–H and O–H groups in total. The van der Waals surface area contributed by atoms with Crippen molar-refractivity contribution in [2.45, 2.75) is 0 Å². The molecule has 8 nitrogen and oxygen atoms in total. The first-order valence-electron chi connectivity index (χ1n) is 22.6. The summed E-state index contributed by atoms with van der Waals surface area (Å²) < 4.78 is 10.4. The Morgan fingerprint density at radius 1 is 0.371 bits per heavy atom. The maximum absolute atomic E-state index is 5.86. The van der Waals surface area contributed by atoms with Crippen molar-refractivity contribution in [2.75, 3.05) is 0 Å². The topological polar surface area (TPSA) is 87.5 Å². The Bertz CT molecular complexity index is 3790. The largest absolute Gasteiger partial charge is 3.00 e. The molecule has 0 aliphatic rings. The zero-order valence-electron chi connectivity index (χ0n) is 37.3. The minimum absolute atomic E-state index is 0. The summed E-state index contributed by atoms with van der Waals surface area (Å²) in [6, 6.07) is 74.3. The van der Waals surface area contributed by atoms with Crippen LogP contribution in [-0.4, -0.2) is 34.1 Å². The number of para-hydroxylation sites is 4. The van der Waals surface area contributed by atoms with Gasteiger partial charge in [0.15, 0.2) is 0 Å². The molecule has 0 aliphatic carbocycles. The Kier molecular flexibility index (Phi) is 12.1. The fourth-order valence-electron chi connectivity index (χ4n) is 9.11. The van der Waals surface area contributed by atoms with Gasteiger partial charge in [0.05, 0.1) is 27.6 Å². The average molecular weight is 1080 g/mol. The van der Waals surface area contributed by atoms with Crippen LogP contribution in [0.1, 0.15) is 0 Å². The first kappa shape index (κ1) is 43.7. The molecule has 0 bridgehead atoms. The van der Waals surface area contributed by atoms with Crippen LogP contribution in [0, 0.1) is 18.3 Å². The third kappa shape index (κ3) is 8.19. The minimum Gasteiger partial charge on any atom is -0.486 e. The maximum atomic E-state index is 5.86. The van der Waals surface area contributed by atoms with E-state index in [0.29, 0.717) is 5.71 Å². The molecular formula is C61H38IrN7O. The monoisotopic (exact) mass is 1080 g/mol. The number of rotatable bonds is 5. The minimum atomic E-state index is 0. The molecule has 8 heterocycles. The second-order valence-corrected chi connectivity index (χ2v) is 16.2. The summed E-state index contributed by atoms with van der Waals surface area (Å²) in [6.45, 7) is 0. The number of pyridine rings is 5. The smallest absolute Gasteiger partial charge is 0.486 e. The van der Waals surface area contributed by atoms with E-state index in [0.717, 1.165) is 61.5 Å². The number of aromatic nitrogens is 7. The molecule has 14 rings (SSSR count). The summed E-state index contributed by atoms with van der Waals surface area (Å²) in [5.41, 5.74) is 13.8. The van der Waals surface area contributed by atoms with E-state index in [1.807, 2.05) is 97.3 Å². The van der Waals surface area contributed by atoms with Crippen molar-refractivity contribution in [2.24, 2.45) is 0 Å². The molecule has 70 heavy (non-hydrogen) atoms. The Morgan fingerprint density at radius 2 is 0.886 bits per heavy atom. The number of benzene rings is 6. The van der Waals surface area contributed by atoms with Crippen LogP contribution < -0.4 is 0 Å². The van der Waals surface area contributed by atoms with Gasteiger partial charge in [0, 0.05) is 63.1 Å². The first-order chi connectivity index (χ1) is 34.3. The summed E-state index contributed by atoms with van der Waals surface area (Å²) in [7, 11) is 0. The van der Waals surface area contributed by atoms with Crippen molar-refractivity contribution in [3.8, 4) is 45.1 Å². The number of fused-ring (bicyclic) bond motifs is 9. The summed E-state index contributed by atoms with van der Waals surface area (Å²) >= 11 is 0. The molecule has 0 atom stereocenters. The van der Waals surface area contributed by atoms with Gasteiger partial charge >= 0.3 is 20.1 Å². The van der Waals surface area contributed by atoms with Crippen LogP contribution in [0.4, 0.5) is 0 Å². The molecule has 0 radical (unpaired) electrons. The van der Waals surface area contributed by atoms with Crippen molar-refractivity contribution in [1.29, 1.82) is 0 Å². The van der Waals surface area contributed by atoms with Crippen LogP contribution in [-0.2, 0) is 20.1 Å².